The van der Waals surface area contributed by atoms with Crippen molar-refractivity contribution < 1.29 is 9.59 Å². The Balaban J connectivity index is 2.13. The summed E-state index contributed by atoms with van der Waals surface area (Å²) in [5, 5.41) is 3.38. The van der Waals surface area contributed by atoms with Gasteiger partial charge in [0, 0.05) is 5.02 Å². The van der Waals surface area contributed by atoms with Crippen LogP contribution in [0.5, 0.6) is 0 Å². The van der Waals surface area contributed by atoms with Crippen molar-refractivity contribution in [1.29, 1.82) is 0 Å². The molecule has 1 aliphatic heterocycles. The molecule has 1 saturated heterocycles. The first-order valence-corrected chi connectivity index (χ1v) is 7.59. The summed E-state index contributed by atoms with van der Waals surface area (Å²) in [5.41, 5.74) is -0.0291. The van der Waals surface area contributed by atoms with Crippen LogP contribution in [-0.4, -0.2) is 22.4 Å². The average molecular weight is 309 g/mol. The van der Waals surface area contributed by atoms with E-state index in [-0.39, 0.29) is 18.5 Å². The molecule has 21 heavy (non-hydrogen) atoms. The lowest BCUT2D eigenvalue weighted by Crippen LogP contribution is -2.44. The predicted molar refractivity (Wildman–Crippen MR) is 83.0 cm³/mol. The van der Waals surface area contributed by atoms with E-state index in [4.69, 9.17) is 11.6 Å². The molecule has 0 saturated carbocycles. The minimum atomic E-state index is -0.803. The molecule has 0 bridgehead atoms. The molecule has 114 valence electrons. The van der Waals surface area contributed by atoms with Gasteiger partial charge in [0.05, 0.1) is 6.54 Å². The van der Waals surface area contributed by atoms with Crippen molar-refractivity contribution in [2.75, 3.05) is 0 Å². The maximum Gasteiger partial charge on any atom is 0.325 e. The van der Waals surface area contributed by atoms with Gasteiger partial charge in [-0.1, -0.05) is 43.6 Å². The summed E-state index contributed by atoms with van der Waals surface area (Å²) in [6.07, 6.45) is 1.54. The summed E-state index contributed by atoms with van der Waals surface area (Å²) in [5.74, 6) is 0.317. The molecule has 1 aromatic rings. The summed E-state index contributed by atoms with van der Waals surface area (Å²) in [4.78, 5) is 25.9. The number of carbonyl (C=O) groups is 2. The first kappa shape index (κ1) is 15.8. The Bertz CT molecular complexity index is 559. The van der Waals surface area contributed by atoms with E-state index in [0.29, 0.717) is 17.4 Å². The largest absolute Gasteiger partial charge is 0.325 e. The van der Waals surface area contributed by atoms with Crippen LogP contribution in [-0.2, 0) is 11.3 Å². The van der Waals surface area contributed by atoms with E-state index in [2.05, 4.69) is 19.2 Å². The quantitative estimate of drug-likeness (QED) is 0.845. The molecule has 0 radical (unpaired) electrons. The lowest BCUT2D eigenvalue weighted by atomic mass is 9.92. The van der Waals surface area contributed by atoms with Gasteiger partial charge >= 0.3 is 6.03 Å². The van der Waals surface area contributed by atoms with Crippen molar-refractivity contribution in [1.82, 2.24) is 10.2 Å². The molecule has 1 atom stereocenters. The van der Waals surface area contributed by atoms with Crippen molar-refractivity contribution in [3.8, 4) is 0 Å². The predicted octanol–water partition coefficient (Wildman–Crippen LogP) is 3.59. The zero-order valence-corrected chi connectivity index (χ0v) is 13.4. The third kappa shape index (κ3) is 3.38. The second-order valence-electron chi connectivity index (χ2n) is 6.18. The van der Waals surface area contributed by atoms with Crippen molar-refractivity contribution in [2.45, 2.75) is 45.7 Å². The van der Waals surface area contributed by atoms with Gasteiger partial charge in [0.2, 0.25) is 0 Å². The van der Waals surface area contributed by atoms with Crippen LogP contribution in [0, 0.1) is 5.92 Å². The minimum absolute atomic E-state index is 0.173. The van der Waals surface area contributed by atoms with Gasteiger partial charge < -0.3 is 5.32 Å². The normalized spacial score (nSPS) is 22.0. The number of carbonyl (C=O) groups excluding carboxylic acids is 2. The molecule has 5 heteroatoms. The third-order valence-corrected chi connectivity index (χ3v) is 4.22. The summed E-state index contributed by atoms with van der Waals surface area (Å²) < 4.78 is 0. The van der Waals surface area contributed by atoms with Crippen molar-refractivity contribution >= 4 is 23.5 Å². The highest BCUT2D eigenvalue weighted by atomic mass is 35.5. The van der Waals surface area contributed by atoms with E-state index in [1.54, 1.807) is 13.0 Å². The van der Waals surface area contributed by atoms with E-state index in [1.165, 1.54) is 4.90 Å². The Kier molecular flexibility index (Phi) is 4.57. The molecule has 4 nitrogen and oxygen atoms in total. The van der Waals surface area contributed by atoms with Gasteiger partial charge in [0.25, 0.3) is 5.91 Å². The molecule has 1 aliphatic rings. The molecule has 1 heterocycles. The Labute approximate surface area is 130 Å². The molecule has 0 spiro atoms. The number of hydrogen-bond acceptors (Lipinski definition) is 2. The third-order valence-electron chi connectivity index (χ3n) is 3.85. The molecule has 0 aromatic heterocycles. The highest BCUT2D eigenvalue weighted by molar-refractivity contribution is 6.31. The topological polar surface area (TPSA) is 49.4 Å². The van der Waals surface area contributed by atoms with Crippen molar-refractivity contribution in [2.24, 2.45) is 5.92 Å². The maximum absolute atomic E-state index is 12.6. The van der Waals surface area contributed by atoms with Crippen molar-refractivity contribution in [3.05, 3.63) is 34.9 Å². The average Bonchev–Trinajstić information content (AvgIpc) is 2.63. The van der Waals surface area contributed by atoms with Gasteiger partial charge in [-0.05, 0) is 37.3 Å². The van der Waals surface area contributed by atoms with E-state index in [0.717, 1.165) is 12.0 Å². The Morgan fingerprint density at radius 3 is 2.57 bits per heavy atom. The summed E-state index contributed by atoms with van der Waals surface area (Å²) >= 11 is 6.10. The fraction of sp³-hybridized carbons (Fsp3) is 0.500. The van der Waals surface area contributed by atoms with Crippen LogP contribution in [0.2, 0.25) is 5.02 Å². The maximum atomic E-state index is 12.6. The SMILES string of the molecule is CC(C)CCC1(C)NC(=O)N(Cc2ccccc2Cl)C1=O. The first-order valence-electron chi connectivity index (χ1n) is 7.21. The lowest BCUT2D eigenvalue weighted by molar-refractivity contribution is -0.131. The minimum Gasteiger partial charge on any atom is -0.323 e. The molecule has 1 N–H and O–H groups in total. The Morgan fingerprint density at radius 1 is 1.29 bits per heavy atom. The molecule has 0 aliphatic carbocycles. The number of halogens is 1. The van der Waals surface area contributed by atoms with Crippen LogP contribution in [0.1, 0.15) is 39.2 Å². The van der Waals surface area contributed by atoms with Crippen LogP contribution < -0.4 is 5.32 Å². The summed E-state index contributed by atoms with van der Waals surface area (Å²) in [6, 6.07) is 6.91. The summed E-state index contributed by atoms with van der Waals surface area (Å²) in [7, 11) is 0. The number of hydrogen-bond donors (Lipinski definition) is 1. The second-order valence-corrected chi connectivity index (χ2v) is 6.58. The van der Waals surface area contributed by atoms with Crippen LogP contribution in [0.25, 0.3) is 0 Å². The molecular weight excluding hydrogens is 288 g/mol. The van der Waals surface area contributed by atoms with E-state index in [1.807, 2.05) is 18.2 Å². The molecule has 1 fully saturated rings. The number of nitrogens with zero attached hydrogens (tertiary/aromatic N) is 1. The number of rotatable bonds is 5. The Hall–Kier alpha value is -1.55. The van der Waals surface area contributed by atoms with Gasteiger partial charge in [0.15, 0.2) is 0 Å². The van der Waals surface area contributed by atoms with Gasteiger partial charge in [-0.2, -0.15) is 0 Å². The molecular formula is C16H21ClN2O2. The highest BCUT2D eigenvalue weighted by Gasteiger charge is 2.47. The second kappa shape index (κ2) is 6.06. The van der Waals surface area contributed by atoms with Gasteiger partial charge in [-0.15, -0.1) is 0 Å². The first-order chi connectivity index (χ1) is 9.83. The molecule has 1 unspecified atom stereocenters. The number of amides is 3. The van der Waals surface area contributed by atoms with Crippen molar-refractivity contribution in [3.63, 3.8) is 0 Å². The van der Waals surface area contributed by atoms with Crippen LogP contribution in [0.15, 0.2) is 24.3 Å². The van der Waals surface area contributed by atoms with Gasteiger partial charge in [-0.3, -0.25) is 9.69 Å². The van der Waals surface area contributed by atoms with Crippen LogP contribution >= 0.6 is 11.6 Å². The zero-order valence-electron chi connectivity index (χ0n) is 12.6. The number of urea groups is 1. The number of imide groups is 1. The smallest absolute Gasteiger partial charge is 0.323 e. The van der Waals surface area contributed by atoms with Crippen LogP contribution in [0.3, 0.4) is 0 Å². The van der Waals surface area contributed by atoms with Gasteiger partial charge in [0.1, 0.15) is 5.54 Å². The number of nitrogens with one attached hydrogen (secondary N) is 1. The molecule has 1 aromatic carbocycles. The lowest BCUT2D eigenvalue weighted by Gasteiger charge is -2.22. The van der Waals surface area contributed by atoms with E-state index in [9.17, 15) is 9.59 Å². The standard InChI is InChI=1S/C16H21ClN2O2/c1-11(2)8-9-16(3)14(20)19(15(21)18-16)10-12-6-4-5-7-13(12)17/h4-7,11H,8-10H2,1-3H3,(H,18,21). The highest BCUT2D eigenvalue weighted by Crippen LogP contribution is 2.27. The number of benzene rings is 1. The monoisotopic (exact) mass is 308 g/mol. The van der Waals surface area contributed by atoms with Gasteiger partial charge in [-0.25, -0.2) is 4.79 Å². The summed E-state index contributed by atoms with van der Waals surface area (Å²) in [6.45, 7) is 6.21. The molecule has 2 rings (SSSR count). The Morgan fingerprint density at radius 2 is 1.95 bits per heavy atom. The van der Waals surface area contributed by atoms with E-state index < -0.39 is 5.54 Å². The fourth-order valence-electron chi connectivity index (χ4n) is 2.43. The van der Waals surface area contributed by atoms with E-state index >= 15 is 0 Å². The molecule has 3 amide bonds. The van der Waals surface area contributed by atoms with Crippen LogP contribution in [0.4, 0.5) is 4.79 Å². The zero-order chi connectivity index (χ0) is 15.6. The fourth-order valence-corrected chi connectivity index (χ4v) is 2.63.